The van der Waals surface area contributed by atoms with E-state index >= 15 is 0 Å². The molecule has 0 unspecified atom stereocenters. The molecular formula is C23H23ClN2O4S. The maximum absolute atomic E-state index is 12.6. The lowest BCUT2D eigenvalue weighted by molar-refractivity contribution is -0.116. The molecular weight excluding hydrogens is 436 g/mol. The minimum absolute atomic E-state index is 0.157. The zero-order valence-electron chi connectivity index (χ0n) is 17.2. The Balaban J connectivity index is 1.59. The van der Waals surface area contributed by atoms with Gasteiger partial charge in [-0.3, -0.25) is 9.52 Å². The zero-order chi connectivity index (χ0) is 22.4. The van der Waals surface area contributed by atoms with E-state index in [1.165, 1.54) is 19.2 Å². The first-order valence-electron chi connectivity index (χ1n) is 9.58. The molecule has 0 fully saturated rings. The molecule has 0 saturated carbocycles. The van der Waals surface area contributed by atoms with Crippen LogP contribution in [0.4, 0.5) is 11.4 Å². The van der Waals surface area contributed by atoms with E-state index in [1.807, 2.05) is 19.1 Å². The Morgan fingerprint density at radius 2 is 1.68 bits per heavy atom. The average molecular weight is 459 g/mol. The lowest BCUT2D eigenvalue weighted by Crippen LogP contribution is -2.14. The molecule has 0 aromatic heterocycles. The molecule has 0 saturated heterocycles. The second-order valence-electron chi connectivity index (χ2n) is 7.01. The van der Waals surface area contributed by atoms with Crippen molar-refractivity contribution in [3.05, 3.63) is 82.9 Å². The predicted octanol–water partition coefficient (Wildman–Crippen LogP) is 5.03. The summed E-state index contributed by atoms with van der Waals surface area (Å²) in [5.74, 6) is 0.326. The van der Waals surface area contributed by atoms with Crippen molar-refractivity contribution in [3.63, 3.8) is 0 Å². The molecule has 3 aromatic rings. The summed E-state index contributed by atoms with van der Waals surface area (Å²) in [6.45, 7) is 1.93. The first kappa shape index (κ1) is 22.7. The van der Waals surface area contributed by atoms with Crippen molar-refractivity contribution in [2.24, 2.45) is 0 Å². The molecule has 0 bridgehead atoms. The quantitative estimate of drug-likeness (QED) is 0.495. The van der Waals surface area contributed by atoms with E-state index in [2.05, 4.69) is 10.0 Å². The van der Waals surface area contributed by atoms with Crippen LogP contribution in [0.3, 0.4) is 0 Å². The number of ether oxygens (including phenoxy) is 1. The number of methoxy groups -OCH3 is 1. The van der Waals surface area contributed by atoms with Gasteiger partial charge >= 0.3 is 0 Å². The summed E-state index contributed by atoms with van der Waals surface area (Å²) in [7, 11) is -2.17. The van der Waals surface area contributed by atoms with Crippen LogP contribution in [0.15, 0.2) is 71.6 Å². The molecule has 31 heavy (non-hydrogen) atoms. The predicted molar refractivity (Wildman–Crippen MR) is 123 cm³/mol. The monoisotopic (exact) mass is 458 g/mol. The maximum Gasteiger partial charge on any atom is 0.261 e. The van der Waals surface area contributed by atoms with Crippen LogP contribution in [0.1, 0.15) is 17.5 Å². The standard InChI is InChI=1S/C23H23ClN2O4S/c1-16-3-9-19(10-4-16)26-31(28,29)20-11-5-17(6-12-20)7-14-23(27)25-21-15-18(24)8-13-22(21)30-2/h3-6,8-13,15,26H,7,14H2,1-2H3,(H,25,27). The summed E-state index contributed by atoms with van der Waals surface area (Å²) >= 11 is 5.98. The molecule has 0 aliphatic rings. The van der Waals surface area contributed by atoms with E-state index in [1.54, 1.807) is 42.5 Å². The smallest absolute Gasteiger partial charge is 0.261 e. The number of amides is 1. The van der Waals surface area contributed by atoms with E-state index in [-0.39, 0.29) is 17.2 Å². The number of hydrogen-bond acceptors (Lipinski definition) is 4. The molecule has 1 amide bonds. The van der Waals surface area contributed by atoms with Gasteiger partial charge in [-0.2, -0.15) is 0 Å². The summed E-state index contributed by atoms with van der Waals surface area (Å²) in [5, 5.41) is 3.28. The van der Waals surface area contributed by atoms with Crippen LogP contribution in [0, 0.1) is 6.92 Å². The van der Waals surface area contributed by atoms with Crippen molar-refractivity contribution in [1.29, 1.82) is 0 Å². The molecule has 0 radical (unpaired) electrons. The van der Waals surface area contributed by atoms with Gasteiger partial charge in [0.15, 0.2) is 0 Å². The Kier molecular flexibility index (Phi) is 7.20. The highest BCUT2D eigenvalue weighted by molar-refractivity contribution is 7.92. The second-order valence-corrected chi connectivity index (χ2v) is 9.13. The highest BCUT2D eigenvalue weighted by Crippen LogP contribution is 2.28. The molecule has 0 spiro atoms. The highest BCUT2D eigenvalue weighted by atomic mass is 35.5. The summed E-state index contributed by atoms with van der Waals surface area (Å²) < 4.78 is 32.9. The summed E-state index contributed by atoms with van der Waals surface area (Å²) in [6.07, 6.45) is 0.684. The van der Waals surface area contributed by atoms with E-state index in [4.69, 9.17) is 16.3 Å². The molecule has 0 aliphatic carbocycles. The molecule has 0 heterocycles. The number of hydrogen-bond donors (Lipinski definition) is 2. The number of anilines is 2. The molecule has 8 heteroatoms. The molecule has 162 valence electrons. The van der Waals surface area contributed by atoms with Crippen molar-refractivity contribution in [1.82, 2.24) is 0 Å². The number of halogens is 1. The lowest BCUT2D eigenvalue weighted by atomic mass is 10.1. The fourth-order valence-electron chi connectivity index (χ4n) is 2.92. The van der Waals surface area contributed by atoms with Crippen LogP contribution in [0.2, 0.25) is 5.02 Å². The number of carbonyl (C=O) groups excluding carboxylic acids is 1. The van der Waals surface area contributed by atoms with E-state index in [9.17, 15) is 13.2 Å². The largest absolute Gasteiger partial charge is 0.495 e. The Bertz CT molecular complexity index is 1160. The molecule has 3 aromatic carbocycles. The fourth-order valence-corrected chi connectivity index (χ4v) is 4.15. The summed E-state index contributed by atoms with van der Waals surface area (Å²) in [5.41, 5.74) is 2.90. The third kappa shape index (κ3) is 6.23. The van der Waals surface area contributed by atoms with Gasteiger partial charge in [-0.25, -0.2) is 8.42 Å². The van der Waals surface area contributed by atoms with Gasteiger partial charge in [0, 0.05) is 17.1 Å². The van der Waals surface area contributed by atoms with Crippen LogP contribution in [-0.4, -0.2) is 21.4 Å². The number of aryl methyl sites for hydroxylation is 2. The summed E-state index contributed by atoms with van der Waals surface area (Å²) in [4.78, 5) is 12.5. The highest BCUT2D eigenvalue weighted by Gasteiger charge is 2.14. The van der Waals surface area contributed by atoms with Gasteiger partial charge in [-0.1, -0.05) is 41.4 Å². The first-order chi connectivity index (χ1) is 14.8. The van der Waals surface area contributed by atoms with Gasteiger partial charge in [-0.15, -0.1) is 0 Å². The second kappa shape index (κ2) is 9.85. The normalized spacial score (nSPS) is 11.1. The van der Waals surface area contributed by atoms with Crippen LogP contribution in [-0.2, 0) is 21.2 Å². The number of sulfonamides is 1. The van der Waals surface area contributed by atoms with E-state index < -0.39 is 10.0 Å². The fraction of sp³-hybridized carbons (Fsp3) is 0.174. The Hall–Kier alpha value is -3.03. The average Bonchev–Trinajstić information content (AvgIpc) is 2.74. The Morgan fingerprint density at radius 1 is 1.00 bits per heavy atom. The van der Waals surface area contributed by atoms with Gasteiger partial charge in [0.1, 0.15) is 5.75 Å². The molecule has 0 atom stereocenters. The van der Waals surface area contributed by atoms with Gasteiger partial charge in [0.2, 0.25) is 5.91 Å². The van der Waals surface area contributed by atoms with Crippen molar-refractivity contribution in [2.75, 3.05) is 17.1 Å². The van der Waals surface area contributed by atoms with Crippen molar-refractivity contribution >= 4 is 38.9 Å². The molecule has 3 rings (SSSR count). The minimum atomic E-state index is -3.68. The zero-order valence-corrected chi connectivity index (χ0v) is 18.8. The molecule has 6 nitrogen and oxygen atoms in total. The van der Waals surface area contributed by atoms with Gasteiger partial charge in [-0.05, 0) is 61.4 Å². The SMILES string of the molecule is COc1ccc(Cl)cc1NC(=O)CCc1ccc(S(=O)(=O)Nc2ccc(C)cc2)cc1. The van der Waals surface area contributed by atoms with Gasteiger partial charge in [0.25, 0.3) is 10.0 Å². The number of benzene rings is 3. The third-order valence-electron chi connectivity index (χ3n) is 4.61. The third-order valence-corrected chi connectivity index (χ3v) is 6.25. The van der Waals surface area contributed by atoms with Gasteiger partial charge in [0.05, 0.1) is 17.7 Å². The van der Waals surface area contributed by atoms with Gasteiger partial charge < -0.3 is 10.1 Å². The number of rotatable bonds is 8. The van der Waals surface area contributed by atoms with Crippen molar-refractivity contribution in [2.45, 2.75) is 24.7 Å². The minimum Gasteiger partial charge on any atom is -0.495 e. The Morgan fingerprint density at radius 3 is 2.32 bits per heavy atom. The van der Waals surface area contributed by atoms with Crippen LogP contribution in [0.25, 0.3) is 0 Å². The van der Waals surface area contributed by atoms with Crippen molar-refractivity contribution < 1.29 is 17.9 Å². The van der Waals surface area contributed by atoms with Crippen LogP contribution >= 0.6 is 11.6 Å². The van der Waals surface area contributed by atoms with E-state index in [0.717, 1.165) is 11.1 Å². The van der Waals surface area contributed by atoms with Crippen LogP contribution in [0.5, 0.6) is 5.75 Å². The maximum atomic E-state index is 12.6. The lowest BCUT2D eigenvalue weighted by Gasteiger charge is -2.11. The summed E-state index contributed by atoms with van der Waals surface area (Å²) in [6, 6.07) is 18.6. The van der Waals surface area contributed by atoms with Crippen molar-refractivity contribution in [3.8, 4) is 5.75 Å². The van der Waals surface area contributed by atoms with Crippen LogP contribution < -0.4 is 14.8 Å². The number of carbonyl (C=O) groups is 1. The topological polar surface area (TPSA) is 84.5 Å². The first-order valence-corrected chi connectivity index (χ1v) is 11.4. The van der Waals surface area contributed by atoms with E-state index in [0.29, 0.717) is 28.6 Å². The molecule has 0 aliphatic heterocycles. The number of nitrogens with one attached hydrogen (secondary N) is 2. The molecule has 2 N–H and O–H groups in total. The Labute approximate surface area is 187 Å².